The van der Waals surface area contributed by atoms with E-state index >= 15 is 0 Å². The molecular weight excluding hydrogens is 316 g/mol. The first-order valence-electron chi connectivity index (χ1n) is 6.60. The van der Waals surface area contributed by atoms with E-state index in [1.165, 1.54) is 0 Å². The average molecular weight is 326 g/mol. The number of carbonyl (C=O) groups is 1. The Hall–Kier alpha value is -2.38. The van der Waals surface area contributed by atoms with Crippen LogP contribution in [0, 0.1) is 6.92 Å². The van der Waals surface area contributed by atoms with E-state index in [0.29, 0.717) is 11.1 Å². The quantitative estimate of drug-likeness (QED) is 0.607. The second-order valence-electron chi connectivity index (χ2n) is 4.81. The van der Waals surface area contributed by atoms with Crippen molar-refractivity contribution in [1.82, 2.24) is 13.7 Å². The molecule has 22 heavy (non-hydrogen) atoms. The van der Waals surface area contributed by atoms with Crippen LogP contribution in [0.25, 0.3) is 21.3 Å². The van der Waals surface area contributed by atoms with Crippen LogP contribution in [0.15, 0.2) is 36.4 Å². The van der Waals surface area contributed by atoms with Crippen LogP contribution in [0.3, 0.4) is 0 Å². The summed E-state index contributed by atoms with van der Waals surface area (Å²) in [6, 6.07) is 11.1. The fraction of sp³-hybridized carbons (Fsp3) is 0.0667. The molecule has 0 saturated heterocycles. The van der Waals surface area contributed by atoms with E-state index in [9.17, 15) is 4.79 Å². The highest BCUT2D eigenvalue weighted by molar-refractivity contribution is 7.18. The van der Waals surface area contributed by atoms with Gasteiger partial charge >= 0.3 is 0 Å². The Kier molecular flexibility index (Phi) is 3.09. The van der Waals surface area contributed by atoms with E-state index < -0.39 is 0 Å². The molecule has 2 aromatic carbocycles. The van der Waals surface area contributed by atoms with Gasteiger partial charge in [-0.2, -0.15) is 8.75 Å². The summed E-state index contributed by atoms with van der Waals surface area (Å²) in [6.45, 7) is 1.97. The highest BCUT2D eigenvalue weighted by Gasteiger charge is 2.13. The molecule has 108 valence electrons. The Morgan fingerprint density at radius 2 is 2.05 bits per heavy atom. The number of hydrogen-bond acceptors (Lipinski definition) is 6. The van der Waals surface area contributed by atoms with Crippen molar-refractivity contribution in [3.8, 4) is 0 Å². The standard InChI is InChI=1S/C15H10N4OS2/c1-8-16-11-6-5-9(7-13(11)21-8)17-15(20)10-3-2-4-12-14(10)19-22-18-12/h2-7H,1H3,(H,17,20). The van der Waals surface area contributed by atoms with Gasteiger partial charge in [-0.3, -0.25) is 4.79 Å². The molecule has 0 aliphatic carbocycles. The van der Waals surface area contributed by atoms with Gasteiger partial charge in [0, 0.05) is 5.69 Å². The number of rotatable bonds is 2. The van der Waals surface area contributed by atoms with Gasteiger partial charge in [0.05, 0.1) is 32.5 Å². The van der Waals surface area contributed by atoms with Crippen molar-refractivity contribution in [3.05, 3.63) is 47.0 Å². The molecule has 0 bridgehead atoms. The molecule has 0 spiro atoms. The Labute approximate surface area is 134 Å². The zero-order valence-corrected chi connectivity index (χ0v) is 13.2. The summed E-state index contributed by atoms with van der Waals surface area (Å²) in [7, 11) is 0. The van der Waals surface area contributed by atoms with Crippen LogP contribution in [0.2, 0.25) is 0 Å². The van der Waals surface area contributed by atoms with E-state index in [-0.39, 0.29) is 5.91 Å². The summed E-state index contributed by atoms with van der Waals surface area (Å²) in [4.78, 5) is 16.9. The molecule has 4 aromatic rings. The molecule has 0 unspecified atom stereocenters. The zero-order chi connectivity index (χ0) is 15.1. The largest absolute Gasteiger partial charge is 0.322 e. The molecule has 0 fully saturated rings. The Bertz CT molecular complexity index is 1010. The van der Waals surface area contributed by atoms with Crippen molar-refractivity contribution in [2.75, 3.05) is 5.32 Å². The lowest BCUT2D eigenvalue weighted by molar-refractivity contribution is 0.102. The van der Waals surface area contributed by atoms with Crippen LogP contribution >= 0.6 is 23.1 Å². The summed E-state index contributed by atoms with van der Waals surface area (Å²) in [5.41, 5.74) is 3.62. The molecule has 1 N–H and O–H groups in total. The Balaban J connectivity index is 1.69. The van der Waals surface area contributed by atoms with Crippen molar-refractivity contribution in [2.24, 2.45) is 0 Å². The SMILES string of the molecule is Cc1nc2ccc(NC(=O)c3cccc4nsnc34)cc2s1. The third-order valence-electron chi connectivity index (χ3n) is 3.28. The molecule has 1 amide bonds. The monoisotopic (exact) mass is 326 g/mol. The van der Waals surface area contributed by atoms with Crippen LogP contribution in [-0.2, 0) is 0 Å². The topological polar surface area (TPSA) is 67.8 Å². The maximum atomic E-state index is 12.5. The van der Waals surface area contributed by atoms with E-state index in [0.717, 1.165) is 38.2 Å². The van der Waals surface area contributed by atoms with Gasteiger partial charge in [0.25, 0.3) is 5.91 Å². The highest BCUT2D eigenvalue weighted by atomic mass is 32.1. The number of hydrogen-bond donors (Lipinski definition) is 1. The number of benzene rings is 2. The predicted octanol–water partition coefficient (Wildman–Crippen LogP) is 3.86. The number of fused-ring (bicyclic) bond motifs is 2. The van der Waals surface area contributed by atoms with Crippen LogP contribution in [0.5, 0.6) is 0 Å². The van der Waals surface area contributed by atoms with Crippen molar-refractivity contribution < 1.29 is 4.79 Å². The van der Waals surface area contributed by atoms with Gasteiger partial charge in [-0.05, 0) is 37.3 Å². The summed E-state index contributed by atoms with van der Waals surface area (Å²) in [5.74, 6) is -0.182. The minimum Gasteiger partial charge on any atom is -0.322 e. The lowest BCUT2D eigenvalue weighted by Gasteiger charge is -2.05. The fourth-order valence-electron chi connectivity index (χ4n) is 2.31. The molecule has 2 aromatic heterocycles. The van der Waals surface area contributed by atoms with E-state index in [1.54, 1.807) is 17.4 Å². The minimum absolute atomic E-state index is 0.182. The molecule has 0 atom stereocenters. The van der Waals surface area contributed by atoms with Gasteiger partial charge in [-0.25, -0.2) is 4.98 Å². The maximum Gasteiger partial charge on any atom is 0.257 e. The maximum absolute atomic E-state index is 12.5. The molecule has 7 heteroatoms. The summed E-state index contributed by atoms with van der Waals surface area (Å²) in [6.07, 6.45) is 0. The van der Waals surface area contributed by atoms with Gasteiger partial charge in [-0.15, -0.1) is 11.3 Å². The molecular formula is C15H10N4OS2. The average Bonchev–Trinajstić information content (AvgIpc) is 3.11. The number of aromatic nitrogens is 3. The molecule has 0 saturated carbocycles. The number of aryl methyl sites for hydroxylation is 1. The van der Waals surface area contributed by atoms with Gasteiger partial charge in [0.15, 0.2) is 0 Å². The third-order valence-corrected chi connectivity index (χ3v) is 4.76. The number of carbonyl (C=O) groups excluding carboxylic acids is 1. The first-order chi connectivity index (χ1) is 10.7. The predicted molar refractivity (Wildman–Crippen MR) is 89.7 cm³/mol. The van der Waals surface area contributed by atoms with E-state index in [4.69, 9.17) is 0 Å². The first-order valence-corrected chi connectivity index (χ1v) is 8.15. The molecule has 5 nitrogen and oxygen atoms in total. The molecule has 0 radical (unpaired) electrons. The lowest BCUT2D eigenvalue weighted by Crippen LogP contribution is -2.12. The smallest absolute Gasteiger partial charge is 0.257 e. The summed E-state index contributed by atoms with van der Waals surface area (Å²) >= 11 is 2.72. The normalized spacial score (nSPS) is 11.1. The van der Waals surface area contributed by atoms with Crippen LogP contribution in [0.1, 0.15) is 15.4 Å². The highest BCUT2D eigenvalue weighted by Crippen LogP contribution is 2.25. The van der Waals surface area contributed by atoms with Crippen molar-refractivity contribution in [1.29, 1.82) is 0 Å². The number of nitrogens with zero attached hydrogens (tertiary/aromatic N) is 3. The van der Waals surface area contributed by atoms with E-state index in [1.807, 2.05) is 37.3 Å². The van der Waals surface area contributed by atoms with Crippen molar-refractivity contribution >= 4 is 55.9 Å². The fourth-order valence-corrected chi connectivity index (χ4v) is 3.72. The number of amides is 1. The van der Waals surface area contributed by atoms with Gasteiger partial charge in [0.1, 0.15) is 11.0 Å². The first kappa shape index (κ1) is 13.3. The van der Waals surface area contributed by atoms with Gasteiger partial charge in [0.2, 0.25) is 0 Å². The summed E-state index contributed by atoms with van der Waals surface area (Å²) in [5, 5.41) is 3.93. The number of anilines is 1. The molecule has 0 aliphatic rings. The van der Waals surface area contributed by atoms with Crippen LogP contribution in [0.4, 0.5) is 5.69 Å². The van der Waals surface area contributed by atoms with Crippen LogP contribution < -0.4 is 5.32 Å². The zero-order valence-electron chi connectivity index (χ0n) is 11.5. The molecule has 4 rings (SSSR count). The van der Waals surface area contributed by atoms with E-state index in [2.05, 4.69) is 19.0 Å². The van der Waals surface area contributed by atoms with Gasteiger partial charge in [-0.1, -0.05) is 6.07 Å². The number of nitrogens with one attached hydrogen (secondary N) is 1. The van der Waals surface area contributed by atoms with Gasteiger partial charge < -0.3 is 5.32 Å². The Morgan fingerprint density at radius 3 is 2.95 bits per heavy atom. The minimum atomic E-state index is -0.182. The van der Waals surface area contributed by atoms with Crippen molar-refractivity contribution in [3.63, 3.8) is 0 Å². The third kappa shape index (κ3) is 2.24. The second-order valence-corrected chi connectivity index (χ2v) is 6.57. The lowest BCUT2D eigenvalue weighted by atomic mass is 10.1. The molecule has 0 aliphatic heterocycles. The van der Waals surface area contributed by atoms with Crippen LogP contribution in [-0.4, -0.2) is 19.6 Å². The van der Waals surface area contributed by atoms with Crippen molar-refractivity contribution in [2.45, 2.75) is 6.92 Å². The Morgan fingerprint density at radius 1 is 1.14 bits per heavy atom. The molecule has 2 heterocycles. The second kappa shape index (κ2) is 5.11. The number of thiazole rings is 1. The summed E-state index contributed by atoms with van der Waals surface area (Å²) < 4.78 is 9.41.